The van der Waals surface area contributed by atoms with Gasteiger partial charge in [0.2, 0.25) is 0 Å². The van der Waals surface area contributed by atoms with Gasteiger partial charge in [-0.15, -0.1) is 0 Å². The lowest BCUT2D eigenvalue weighted by atomic mass is 10.1. The van der Waals surface area contributed by atoms with Crippen LogP contribution in [0.3, 0.4) is 0 Å². The standard InChI is InChI=1S/C15H13NO5/c17-15(18)9-12-6-7-14(13(8-12)16(19)20)21-10-11-4-2-1-3-5-11/h1-8H,9-10H2,(H,17,18). The molecule has 108 valence electrons. The molecule has 0 unspecified atom stereocenters. The summed E-state index contributed by atoms with van der Waals surface area (Å²) in [7, 11) is 0. The summed E-state index contributed by atoms with van der Waals surface area (Å²) < 4.78 is 5.46. The average Bonchev–Trinajstić information content (AvgIpc) is 2.46. The molecule has 0 aromatic heterocycles. The van der Waals surface area contributed by atoms with Gasteiger partial charge in [0.05, 0.1) is 11.3 Å². The van der Waals surface area contributed by atoms with Crippen LogP contribution in [0.4, 0.5) is 5.69 Å². The van der Waals surface area contributed by atoms with Crippen molar-refractivity contribution < 1.29 is 19.6 Å². The van der Waals surface area contributed by atoms with Crippen molar-refractivity contribution in [1.82, 2.24) is 0 Å². The van der Waals surface area contributed by atoms with Crippen LogP contribution in [0.1, 0.15) is 11.1 Å². The number of nitrogens with zero attached hydrogens (tertiary/aromatic N) is 1. The Morgan fingerprint density at radius 2 is 1.86 bits per heavy atom. The highest BCUT2D eigenvalue weighted by Gasteiger charge is 2.17. The molecule has 2 aromatic rings. The summed E-state index contributed by atoms with van der Waals surface area (Å²) in [5.74, 6) is -0.916. The molecule has 0 saturated heterocycles. The second kappa shape index (κ2) is 6.51. The summed E-state index contributed by atoms with van der Waals surface area (Å²) in [6.45, 7) is 0.208. The van der Waals surface area contributed by atoms with Gasteiger partial charge in [-0.1, -0.05) is 36.4 Å². The molecule has 0 fully saturated rings. The molecule has 0 amide bonds. The fourth-order valence-corrected chi connectivity index (χ4v) is 1.85. The number of hydrogen-bond donors (Lipinski definition) is 1. The summed E-state index contributed by atoms with van der Waals surface area (Å²) in [4.78, 5) is 21.1. The molecule has 0 aliphatic heterocycles. The Bertz CT molecular complexity index is 654. The van der Waals surface area contributed by atoms with Crippen molar-refractivity contribution in [2.24, 2.45) is 0 Å². The quantitative estimate of drug-likeness (QED) is 0.651. The zero-order chi connectivity index (χ0) is 15.2. The molecule has 0 atom stereocenters. The molecule has 2 aromatic carbocycles. The first-order valence-corrected chi connectivity index (χ1v) is 6.22. The third-order valence-corrected chi connectivity index (χ3v) is 2.81. The zero-order valence-corrected chi connectivity index (χ0v) is 11.1. The van der Waals surface area contributed by atoms with Crippen LogP contribution in [0, 0.1) is 10.1 Å². The highest BCUT2D eigenvalue weighted by molar-refractivity contribution is 5.71. The molecule has 1 N–H and O–H groups in total. The third-order valence-electron chi connectivity index (χ3n) is 2.81. The second-order valence-electron chi connectivity index (χ2n) is 4.40. The van der Waals surface area contributed by atoms with Crippen LogP contribution in [0.25, 0.3) is 0 Å². The average molecular weight is 287 g/mol. The minimum atomic E-state index is -1.04. The van der Waals surface area contributed by atoms with E-state index < -0.39 is 10.9 Å². The number of aliphatic carboxylic acids is 1. The van der Waals surface area contributed by atoms with Crippen molar-refractivity contribution >= 4 is 11.7 Å². The molecular formula is C15H13NO5. The van der Waals surface area contributed by atoms with Crippen LogP contribution < -0.4 is 4.74 Å². The van der Waals surface area contributed by atoms with E-state index in [0.29, 0.717) is 5.56 Å². The molecular weight excluding hydrogens is 274 g/mol. The number of hydrogen-bond acceptors (Lipinski definition) is 4. The summed E-state index contributed by atoms with van der Waals surface area (Å²) in [5, 5.41) is 19.8. The molecule has 0 radical (unpaired) electrons. The van der Waals surface area contributed by atoms with Gasteiger partial charge in [0, 0.05) is 6.07 Å². The molecule has 0 aliphatic rings. The highest BCUT2D eigenvalue weighted by atomic mass is 16.6. The minimum absolute atomic E-state index is 0.123. The first kappa shape index (κ1) is 14.5. The Balaban J connectivity index is 2.18. The van der Waals surface area contributed by atoms with Gasteiger partial charge in [-0.2, -0.15) is 0 Å². The van der Waals surface area contributed by atoms with Crippen LogP contribution in [-0.4, -0.2) is 16.0 Å². The Kier molecular flexibility index (Phi) is 4.50. The van der Waals surface area contributed by atoms with Gasteiger partial charge in [-0.3, -0.25) is 14.9 Å². The molecule has 0 saturated carbocycles. The maximum Gasteiger partial charge on any atom is 0.311 e. The number of nitro benzene ring substituents is 1. The second-order valence-corrected chi connectivity index (χ2v) is 4.40. The van der Waals surface area contributed by atoms with Gasteiger partial charge < -0.3 is 9.84 Å². The van der Waals surface area contributed by atoms with Crippen LogP contribution >= 0.6 is 0 Å². The number of carboxylic acid groups (broad SMARTS) is 1. The summed E-state index contributed by atoms with van der Waals surface area (Å²) in [6.07, 6.45) is -0.264. The predicted molar refractivity (Wildman–Crippen MR) is 75.2 cm³/mol. The molecule has 6 nitrogen and oxygen atoms in total. The lowest BCUT2D eigenvalue weighted by molar-refractivity contribution is -0.386. The van der Waals surface area contributed by atoms with Crippen molar-refractivity contribution in [3.05, 3.63) is 69.8 Å². The fraction of sp³-hybridized carbons (Fsp3) is 0.133. The van der Waals surface area contributed by atoms with E-state index in [4.69, 9.17) is 9.84 Å². The first-order valence-electron chi connectivity index (χ1n) is 6.22. The Morgan fingerprint density at radius 1 is 1.14 bits per heavy atom. The number of carbonyl (C=O) groups is 1. The number of ether oxygens (including phenoxy) is 1. The maximum atomic E-state index is 11.0. The Labute approximate surface area is 120 Å². The van der Waals surface area contributed by atoms with Gasteiger partial charge >= 0.3 is 11.7 Å². The molecule has 21 heavy (non-hydrogen) atoms. The SMILES string of the molecule is O=C(O)Cc1ccc(OCc2ccccc2)c([N+](=O)[O-])c1. The minimum Gasteiger partial charge on any atom is -0.482 e. The first-order chi connectivity index (χ1) is 10.1. The third kappa shape index (κ3) is 4.04. The van der Waals surface area contributed by atoms with Crippen LogP contribution in [0.15, 0.2) is 48.5 Å². The van der Waals surface area contributed by atoms with Crippen molar-refractivity contribution in [2.45, 2.75) is 13.0 Å². The summed E-state index contributed by atoms with van der Waals surface area (Å²) in [5.41, 5.74) is 1.02. The van der Waals surface area contributed by atoms with E-state index in [2.05, 4.69) is 0 Å². The molecule has 0 heterocycles. The lowest BCUT2D eigenvalue weighted by Gasteiger charge is -2.08. The number of carboxylic acids is 1. The molecule has 2 rings (SSSR count). The largest absolute Gasteiger partial charge is 0.482 e. The van der Waals surface area contributed by atoms with E-state index in [-0.39, 0.29) is 24.5 Å². The van der Waals surface area contributed by atoms with Crippen LogP contribution in [0.2, 0.25) is 0 Å². The summed E-state index contributed by atoms with van der Waals surface area (Å²) in [6, 6.07) is 13.4. The topological polar surface area (TPSA) is 89.7 Å². The molecule has 0 bridgehead atoms. The van der Waals surface area contributed by atoms with E-state index >= 15 is 0 Å². The van der Waals surface area contributed by atoms with Gasteiger partial charge in [0.15, 0.2) is 5.75 Å². The van der Waals surface area contributed by atoms with Gasteiger partial charge in [-0.25, -0.2) is 0 Å². The number of rotatable bonds is 6. The predicted octanol–water partition coefficient (Wildman–Crippen LogP) is 2.80. The van der Waals surface area contributed by atoms with E-state index in [1.54, 1.807) is 0 Å². The maximum absolute atomic E-state index is 11.0. The fourth-order valence-electron chi connectivity index (χ4n) is 1.85. The zero-order valence-electron chi connectivity index (χ0n) is 11.1. The molecule has 0 spiro atoms. The van der Waals surface area contributed by atoms with E-state index in [0.717, 1.165) is 5.56 Å². The Hall–Kier alpha value is -2.89. The van der Waals surface area contributed by atoms with Gasteiger partial charge in [0.1, 0.15) is 6.61 Å². The normalized spacial score (nSPS) is 10.1. The lowest BCUT2D eigenvalue weighted by Crippen LogP contribution is -2.03. The monoisotopic (exact) mass is 287 g/mol. The van der Waals surface area contributed by atoms with Gasteiger partial charge in [-0.05, 0) is 17.2 Å². The van der Waals surface area contributed by atoms with Crippen molar-refractivity contribution in [3.63, 3.8) is 0 Å². The van der Waals surface area contributed by atoms with Gasteiger partial charge in [0.25, 0.3) is 0 Å². The molecule has 0 aliphatic carbocycles. The van der Waals surface area contributed by atoms with Crippen molar-refractivity contribution in [2.75, 3.05) is 0 Å². The van der Waals surface area contributed by atoms with Crippen LogP contribution in [-0.2, 0) is 17.8 Å². The van der Waals surface area contributed by atoms with E-state index in [9.17, 15) is 14.9 Å². The highest BCUT2D eigenvalue weighted by Crippen LogP contribution is 2.29. The smallest absolute Gasteiger partial charge is 0.311 e. The summed E-state index contributed by atoms with van der Waals surface area (Å²) >= 11 is 0. The Morgan fingerprint density at radius 3 is 2.48 bits per heavy atom. The van der Waals surface area contributed by atoms with E-state index in [1.807, 2.05) is 30.3 Å². The number of benzene rings is 2. The molecule has 6 heteroatoms. The number of nitro groups is 1. The van der Waals surface area contributed by atoms with Crippen LogP contribution in [0.5, 0.6) is 5.75 Å². The van der Waals surface area contributed by atoms with Crippen molar-refractivity contribution in [1.29, 1.82) is 0 Å². The van der Waals surface area contributed by atoms with Crippen molar-refractivity contribution in [3.8, 4) is 5.75 Å². The van der Waals surface area contributed by atoms with E-state index in [1.165, 1.54) is 18.2 Å².